The number of aromatic carboxylic acids is 1. The third kappa shape index (κ3) is 2.28. The fourth-order valence-corrected chi connectivity index (χ4v) is 2.84. The van der Waals surface area contributed by atoms with Gasteiger partial charge in [0.1, 0.15) is 0 Å². The van der Waals surface area contributed by atoms with Crippen LogP contribution in [0, 0.1) is 5.92 Å². The van der Waals surface area contributed by atoms with Crippen LogP contribution in [0.2, 0.25) is 0 Å². The molecule has 1 aromatic rings. The van der Waals surface area contributed by atoms with Gasteiger partial charge in [-0.25, -0.2) is 4.79 Å². The highest BCUT2D eigenvalue weighted by atomic mass is 32.2. The summed E-state index contributed by atoms with van der Waals surface area (Å²) in [6.45, 7) is 0. The lowest BCUT2D eigenvalue weighted by Crippen LogP contribution is -2.18. The van der Waals surface area contributed by atoms with Gasteiger partial charge in [-0.3, -0.25) is 4.21 Å². The number of hydrogen-bond acceptors (Lipinski definition) is 3. The molecule has 1 heterocycles. The van der Waals surface area contributed by atoms with Crippen molar-refractivity contribution in [1.82, 2.24) is 0 Å². The molecular formula is C10H12O4S. The molecule has 0 radical (unpaired) electrons. The number of carboxylic acid groups (broad SMARTS) is 1. The zero-order chi connectivity index (χ0) is 10.8. The van der Waals surface area contributed by atoms with Crippen molar-refractivity contribution in [2.75, 3.05) is 5.75 Å². The van der Waals surface area contributed by atoms with Crippen molar-refractivity contribution in [3.05, 3.63) is 17.9 Å². The SMILES string of the molecule is O=C(O)c1ccc(S(=O)CC2CCC2)o1. The number of carboxylic acids is 1. The highest BCUT2D eigenvalue weighted by Gasteiger charge is 2.22. The standard InChI is InChI=1S/C10H12O4S/c11-10(12)8-4-5-9(14-8)15(13)6-7-2-1-3-7/h4-5,7H,1-3,6H2,(H,11,12). The molecule has 15 heavy (non-hydrogen) atoms. The first kappa shape index (κ1) is 10.4. The van der Waals surface area contributed by atoms with E-state index in [9.17, 15) is 9.00 Å². The molecule has 2 rings (SSSR count). The molecule has 1 aromatic heterocycles. The highest BCUT2D eigenvalue weighted by Crippen LogP contribution is 2.28. The summed E-state index contributed by atoms with van der Waals surface area (Å²) in [5, 5.41) is 8.90. The van der Waals surface area contributed by atoms with Gasteiger partial charge in [-0.05, 0) is 30.9 Å². The first-order valence-corrected chi connectivity index (χ1v) is 6.20. The van der Waals surface area contributed by atoms with E-state index < -0.39 is 16.8 Å². The van der Waals surface area contributed by atoms with Crippen LogP contribution in [0.15, 0.2) is 21.6 Å². The van der Waals surface area contributed by atoms with E-state index in [0.29, 0.717) is 11.7 Å². The fourth-order valence-electron chi connectivity index (χ4n) is 1.51. The first-order chi connectivity index (χ1) is 7.16. The van der Waals surface area contributed by atoms with Gasteiger partial charge in [0.05, 0.1) is 10.8 Å². The molecule has 1 saturated carbocycles. The van der Waals surface area contributed by atoms with Crippen molar-refractivity contribution in [3.8, 4) is 0 Å². The number of rotatable bonds is 4. The lowest BCUT2D eigenvalue weighted by atomic mass is 9.87. The van der Waals surface area contributed by atoms with Gasteiger partial charge in [0.25, 0.3) is 0 Å². The number of carbonyl (C=O) groups is 1. The molecule has 0 bridgehead atoms. The highest BCUT2D eigenvalue weighted by molar-refractivity contribution is 7.84. The normalized spacial score (nSPS) is 18.4. The van der Waals surface area contributed by atoms with Crippen LogP contribution in [-0.2, 0) is 10.8 Å². The van der Waals surface area contributed by atoms with E-state index in [4.69, 9.17) is 9.52 Å². The summed E-state index contributed by atoms with van der Waals surface area (Å²) in [6.07, 6.45) is 3.46. The molecule has 5 heteroatoms. The van der Waals surface area contributed by atoms with E-state index >= 15 is 0 Å². The molecule has 4 nitrogen and oxygen atoms in total. The van der Waals surface area contributed by atoms with E-state index in [1.165, 1.54) is 18.6 Å². The van der Waals surface area contributed by atoms with Crippen molar-refractivity contribution in [3.63, 3.8) is 0 Å². The van der Waals surface area contributed by atoms with Crippen LogP contribution in [0.1, 0.15) is 29.8 Å². The van der Waals surface area contributed by atoms with Crippen LogP contribution in [0.4, 0.5) is 0 Å². The third-order valence-electron chi connectivity index (χ3n) is 2.63. The summed E-state index contributed by atoms with van der Waals surface area (Å²) in [5.74, 6) is -0.162. The minimum Gasteiger partial charge on any atom is -0.475 e. The molecule has 0 saturated heterocycles. The van der Waals surface area contributed by atoms with Crippen molar-refractivity contribution in [2.24, 2.45) is 5.92 Å². The van der Waals surface area contributed by atoms with Crippen LogP contribution in [0.3, 0.4) is 0 Å². The Kier molecular flexibility index (Phi) is 2.90. The molecule has 1 atom stereocenters. The average Bonchev–Trinajstić information content (AvgIpc) is 2.59. The van der Waals surface area contributed by atoms with Gasteiger partial charge in [0.15, 0.2) is 5.09 Å². The van der Waals surface area contributed by atoms with Crippen LogP contribution in [-0.4, -0.2) is 21.0 Å². The van der Waals surface area contributed by atoms with Crippen LogP contribution < -0.4 is 0 Å². The van der Waals surface area contributed by atoms with Gasteiger partial charge in [-0.2, -0.15) is 0 Å². The van der Waals surface area contributed by atoms with E-state index in [-0.39, 0.29) is 10.9 Å². The van der Waals surface area contributed by atoms with Gasteiger partial charge in [-0.15, -0.1) is 0 Å². The molecule has 0 aromatic carbocycles. The Morgan fingerprint density at radius 2 is 2.27 bits per heavy atom. The second-order valence-electron chi connectivity index (χ2n) is 3.73. The van der Waals surface area contributed by atoms with Crippen LogP contribution in [0.5, 0.6) is 0 Å². The molecule has 0 spiro atoms. The molecule has 0 aliphatic heterocycles. The monoisotopic (exact) mass is 228 g/mol. The Labute approximate surface area is 89.7 Å². The second kappa shape index (κ2) is 4.18. The predicted octanol–water partition coefficient (Wildman–Crippen LogP) is 1.89. The second-order valence-corrected chi connectivity index (χ2v) is 5.16. The van der Waals surface area contributed by atoms with Crippen LogP contribution in [0.25, 0.3) is 0 Å². The van der Waals surface area contributed by atoms with E-state index in [2.05, 4.69) is 0 Å². The van der Waals surface area contributed by atoms with Gasteiger partial charge in [0, 0.05) is 5.75 Å². The van der Waals surface area contributed by atoms with E-state index in [1.807, 2.05) is 0 Å². The van der Waals surface area contributed by atoms with Gasteiger partial charge in [-0.1, -0.05) is 6.42 Å². The molecule has 82 valence electrons. The number of furan rings is 1. The Bertz CT molecular complexity index is 392. The van der Waals surface area contributed by atoms with Crippen LogP contribution >= 0.6 is 0 Å². The summed E-state index contributed by atoms with van der Waals surface area (Å²) in [6, 6.07) is 2.83. The van der Waals surface area contributed by atoms with Crippen molar-refractivity contribution < 1.29 is 18.5 Å². The zero-order valence-corrected chi connectivity index (χ0v) is 8.96. The maximum absolute atomic E-state index is 11.7. The van der Waals surface area contributed by atoms with Crippen molar-refractivity contribution in [1.29, 1.82) is 0 Å². The lowest BCUT2D eigenvalue weighted by Gasteiger charge is -2.23. The quantitative estimate of drug-likeness (QED) is 0.854. The van der Waals surface area contributed by atoms with Gasteiger partial charge >= 0.3 is 5.97 Å². The van der Waals surface area contributed by atoms with E-state index in [1.54, 1.807) is 0 Å². The maximum atomic E-state index is 11.7. The summed E-state index contributed by atoms with van der Waals surface area (Å²) >= 11 is 0. The summed E-state index contributed by atoms with van der Waals surface area (Å²) in [4.78, 5) is 10.5. The Morgan fingerprint density at radius 1 is 1.53 bits per heavy atom. The Hall–Kier alpha value is -1.10. The minimum atomic E-state index is -1.19. The largest absolute Gasteiger partial charge is 0.475 e. The predicted molar refractivity (Wildman–Crippen MR) is 54.3 cm³/mol. The Morgan fingerprint density at radius 3 is 2.73 bits per heavy atom. The average molecular weight is 228 g/mol. The molecule has 1 unspecified atom stereocenters. The Balaban J connectivity index is 2.01. The molecule has 1 N–H and O–H groups in total. The molecule has 1 fully saturated rings. The topological polar surface area (TPSA) is 67.5 Å². The fraction of sp³-hybridized carbons (Fsp3) is 0.500. The molecular weight excluding hydrogens is 216 g/mol. The zero-order valence-electron chi connectivity index (χ0n) is 8.14. The van der Waals surface area contributed by atoms with E-state index in [0.717, 1.165) is 12.8 Å². The van der Waals surface area contributed by atoms with Gasteiger partial charge < -0.3 is 9.52 Å². The lowest BCUT2D eigenvalue weighted by molar-refractivity contribution is 0.0656. The van der Waals surface area contributed by atoms with Crippen molar-refractivity contribution >= 4 is 16.8 Å². The third-order valence-corrected chi connectivity index (χ3v) is 4.07. The minimum absolute atomic E-state index is 0.146. The molecule has 0 amide bonds. The summed E-state index contributed by atoms with van der Waals surface area (Å²) < 4.78 is 16.7. The first-order valence-electron chi connectivity index (χ1n) is 4.88. The number of hydrogen-bond donors (Lipinski definition) is 1. The maximum Gasteiger partial charge on any atom is 0.371 e. The van der Waals surface area contributed by atoms with Crippen molar-refractivity contribution in [2.45, 2.75) is 24.4 Å². The summed E-state index contributed by atoms with van der Waals surface area (Å²) in [5.41, 5.74) is 0. The smallest absolute Gasteiger partial charge is 0.371 e. The van der Waals surface area contributed by atoms with Gasteiger partial charge in [0.2, 0.25) is 5.76 Å². The molecule has 1 aliphatic carbocycles. The summed E-state index contributed by atoms with van der Waals surface area (Å²) in [7, 11) is -1.19. The molecule has 1 aliphatic rings.